The van der Waals surface area contributed by atoms with Crippen molar-refractivity contribution >= 4 is 34.8 Å². The first-order valence-corrected chi connectivity index (χ1v) is 10.5. The molecule has 0 aliphatic rings. The zero-order valence-electron chi connectivity index (χ0n) is 17.4. The van der Waals surface area contributed by atoms with Crippen molar-refractivity contribution in [3.8, 4) is 11.3 Å². The number of nitrogens with one attached hydrogen (secondary N) is 2. The van der Waals surface area contributed by atoms with Gasteiger partial charge < -0.3 is 10.6 Å². The van der Waals surface area contributed by atoms with Gasteiger partial charge in [0.05, 0.1) is 16.4 Å². The summed E-state index contributed by atoms with van der Waals surface area (Å²) in [5, 5.41) is 10.0. The zero-order valence-corrected chi connectivity index (χ0v) is 18.1. The minimum atomic E-state index is -0.603. The van der Waals surface area contributed by atoms with E-state index >= 15 is 0 Å². The van der Waals surface area contributed by atoms with Crippen LogP contribution in [0.1, 0.15) is 10.4 Å². The first-order chi connectivity index (χ1) is 16.0. The van der Waals surface area contributed by atoms with Gasteiger partial charge in [-0.1, -0.05) is 72.3 Å². The number of carbonyl (C=O) groups excluding carboxylic acids is 2. The number of carbonyl (C=O) groups is 2. The smallest absolute Gasteiger partial charge is 0.291 e. The van der Waals surface area contributed by atoms with Crippen LogP contribution >= 0.6 is 11.6 Å². The highest BCUT2D eigenvalue weighted by Gasteiger charge is 2.16. The molecule has 2 N–H and O–H groups in total. The minimum absolute atomic E-state index is 0.0169. The van der Waals surface area contributed by atoms with Crippen molar-refractivity contribution in [2.24, 2.45) is 0 Å². The van der Waals surface area contributed by atoms with E-state index in [9.17, 15) is 14.4 Å². The van der Waals surface area contributed by atoms with Gasteiger partial charge in [-0.2, -0.15) is 5.10 Å². The van der Waals surface area contributed by atoms with Crippen LogP contribution in [0.5, 0.6) is 0 Å². The maximum absolute atomic E-state index is 13.1. The third-order valence-corrected chi connectivity index (χ3v) is 5.10. The SMILES string of the molecule is O=C(Cn1nc(-c2ccccc2)cc(NC(=O)c2ccccc2)c1=O)Nc1ccccc1Cl. The molecule has 3 aromatic carbocycles. The predicted octanol–water partition coefficient (Wildman–Crippen LogP) is 4.45. The second-order valence-corrected chi connectivity index (χ2v) is 7.53. The fourth-order valence-electron chi connectivity index (χ4n) is 3.16. The highest BCUT2D eigenvalue weighted by atomic mass is 35.5. The van der Waals surface area contributed by atoms with Crippen LogP contribution in [0.25, 0.3) is 11.3 Å². The second-order valence-electron chi connectivity index (χ2n) is 7.12. The molecule has 0 spiro atoms. The fraction of sp³-hybridized carbons (Fsp3) is 0.0400. The molecule has 0 aliphatic carbocycles. The molecule has 0 atom stereocenters. The molecule has 8 heteroatoms. The van der Waals surface area contributed by atoms with E-state index in [1.807, 2.05) is 30.3 Å². The Hall–Kier alpha value is -4.23. The number of hydrogen-bond donors (Lipinski definition) is 2. The van der Waals surface area contributed by atoms with Gasteiger partial charge in [0, 0.05) is 11.1 Å². The third-order valence-electron chi connectivity index (χ3n) is 4.77. The Balaban J connectivity index is 1.67. The summed E-state index contributed by atoms with van der Waals surface area (Å²) >= 11 is 6.10. The zero-order chi connectivity index (χ0) is 23.2. The number of anilines is 2. The Morgan fingerprint density at radius 2 is 1.45 bits per heavy atom. The molecule has 0 unspecified atom stereocenters. The Bertz CT molecular complexity index is 1360. The Labute approximate surface area is 194 Å². The van der Waals surface area contributed by atoms with Crippen LogP contribution in [0, 0.1) is 0 Å². The van der Waals surface area contributed by atoms with Gasteiger partial charge in [-0.05, 0) is 30.3 Å². The van der Waals surface area contributed by atoms with E-state index in [2.05, 4.69) is 15.7 Å². The third kappa shape index (κ3) is 5.34. The maximum Gasteiger partial charge on any atom is 0.291 e. The average molecular weight is 459 g/mol. The van der Waals surface area contributed by atoms with Gasteiger partial charge in [0.15, 0.2) is 0 Å². The Morgan fingerprint density at radius 1 is 0.818 bits per heavy atom. The first-order valence-electron chi connectivity index (χ1n) is 10.1. The lowest BCUT2D eigenvalue weighted by molar-refractivity contribution is -0.117. The van der Waals surface area contributed by atoms with E-state index < -0.39 is 17.4 Å². The van der Waals surface area contributed by atoms with Crippen molar-refractivity contribution < 1.29 is 9.59 Å². The number of nitrogens with zero attached hydrogens (tertiary/aromatic N) is 2. The first kappa shape index (κ1) is 22.0. The van der Waals surface area contributed by atoms with Gasteiger partial charge >= 0.3 is 0 Å². The summed E-state index contributed by atoms with van der Waals surface area (Å²) in [4.78, 5) is 38.3. The average Bonchev–Trinajstić information content (AvgIpc) is 2.84. The molecule has 7 nitrogen and oxygen atoms in total. The summed E-state index contributed by atoms with van der Waals surface area (Å²) in [6.07, 6.45) is 0. The molecule has 0 radical (unpaired) electrons. The van der Waals surface area contributed by atoms with Gasteiger partial charge in [0.1, 0.15) is 12.2 Å². The number of rotatable bonds is 6. The van der Waals surface area contributed by atoms with Gasteiger partial charge in [-0.15, -0.1) is 0 Å². The molecule has 0 aliphatic heterocycles. The van der Waals surface area contributed by atoms with Crippen molar-refractivity contribution in [2.75, 3.05) is 10.6 Å². The van der Waals surface area contributed by atoms with Crippen LogP contribution in [-0.4, -0.2) is 21.6 Å². The molecule has 2 amide bonds. The van der Waals surface area contributed by atoms with Crippen LogP contribution in [0.4, 0.5) is 11.4 Å². The standard InChI is InChI=1S/C25H19ClN4O3/c26-19-13-7-8-14-20(19)27-23(31)16-30-25(33)22(28-24(32)18-11-5-2-6-12-18)15-21(29-30)17-9-3-1-4-10-17/h1-15H,16H2,(H,27,31)(H,28,32). The summed E-state index contributed by atoms with van der Waals surface area (Å²) in [5.74, 6) is -0.923. The summed E-state index contributed by atoms with van der Waals surface area (Å²) in [6.45, 7) is -0.362. The second kappa shape index (κ2) is 9.93. The molecule has 0 saturated carbocycles. The van der Waals surface area contributed by atoms with E-state index in [1.54, 1.807) is 54.6 Å². The van der Waals surface area contributed by atoms with E-state index in [-0.39, 0.29) is 12.2 Å². The number of hydrogen-bond acceptors (Lipinski definition) is 4. The van der Waals surface area contributed by atoms with Crippen molar-refractivity contribution in [2.45, 2.75) is 6.54 Å². The largest absolute Gasteiger partial charge is 0.323 e. The maximum atomic E-state index is 13.1. The molecule has 0 fully saturated rings. The number of amides is 2. The molecule has 164 valence electrons. The Morgan fingerprint density at radius 3 is 2.15 bits per heavy atom. The highest BCUT2D eigenvalue weighted by Crippen LogP contribution is 2.21. The fourth-order valence-corrected chi connectivity index (χ4v) is 3.34. The normalized spacial score (nSPS) is 10.5. The molecule has 0 saturated heterocycles. The molecule has 1 heterocycles. The molecule has 1 aromatic heterocycles. The van der Waals surface area contributed by atoms with Gasteiger partial charge in [0.25, 0.3) is 11.5 Å². The lowest BCUT2D eigenvalue weighted by Gasteiger charge is -2.12. The van der Waals surface area contributed by atoms with E-state index in [4.69, 9.17) is 11.6 Å². The van der Waals surface area contributed by atoms with Crippen LogP contribution in [0.15, 0.2) is 95.8 Å². The molecular formula is C25H19ClN4O3. The van der Waals surface area contributed by atoms with Gasteiger partial charge in [0.2, 0.25) is 5.91 Å². The van der Waals surface area contributed by atoms with Crippen LogP contribution in [0.3, 0.4) is 0 Å². The van der Waals surface area contributed by atoms with Crippen LogP contribution in [0.2, 0.25) is 5.02 Å². The number of aromatic nitrogens is 2. The molecule has 4 rings (SSSR count). The predicted molar refractivity (Wildman–Crippen MR) is 128 cm³/mol. The van der Waals surface area contributed by atoms with Crippen LogP contribution in [-0.2, 0) is 11.3 Å². The summed E-state index contributed by atoms with van der Waals surface area (Å²) < 4.78 is 1.02. The van der Waals surface area contributed by atoms with E-state index in [0.29, 0.717) is 22.0 Å². The quantitative estimate of drug-likeness (QED) is 0.446. The monoisotopic (exact) mass is 458 g/mol. The summed E-state index contributed by atoms with van der Waals surface area (Å²) in [7, 11) is 0. The van der Waals surface area contributed by atoms with Crippen molar-refractivity contribution in [1.82, 2.24) is 9.78 Å². The van der Waals surface area contributed by atoms with Crippen molar-refractivity contribution in [3.63, 3.8) is 0 Å². The molecular weight excluding hydrogens is 440 g/mol. The van der Waals surface area contributed by atoms with Gasteiger partial charge in [-0.3, -0.25) is 14.4 Å². The van der Waals surface area contributed by atoms with E-state index in [1.165, 1.54) is 6.07 Å². The van der Waals surface area contributed by atoms with Gasteiger partial charge in [-0.25, -0.2) is 4.68 Å². The number of para-hydroxylation sites is 1. The van der Waals surface area contributed by atoms with Crippen molar-refractivity contribution in [1.29, 1.82) is 0 Å². The number of benzene rings is 3. The van der Waals surface area contributed by atoms with Crippen LogP contribution < -0.4 is 16.2 Å². The van der Waals surface area contributed by atoms with E-state index in [0.717, 1.165) is 10.2 Å². The molecule has 4 aromatic rings. The van der Waals surface area contributed by atoms with Crippen molar-refractivity contribution in [3.05, 3.63) is 112 Å². The lowest BCUT2D eigenvalue weighted by atomic mass is 10.1. The number of halogens is 1. The Kier molecular flexibility index (Phi) is 6.61. The highest BCUT2D eigenvalue weighted by molar-refractivity contribution is 6.33. The minimum Gasteiger partial charge on any atom is -0.323 e. The summed E-state index contributed by atoms with van der Waals surface area (Å²) in [6, 6.07) is 26.0. The topological polar surface area (TPSA) is 93.1 Å². The molecule has 0 bridgehead atoms. The molecule has 33 heavy (non-hydrogen) atoms. The lowest BCUT2D eigenvalue weighted by Crippen LogP contribution is -2.32. The summed E-state index contributed by atoms with van der Waals surface area (Å²) in [5.41, 5.74) is 1.40.